The molecule has 26 heavy (non-hydrogen) atoms. The largest absolute Gasteiger partial charge is 0.427 e. The molecule has 1 saturated carbocycles. The van der Waals surface area contributed by atoms with Gasteiger partial charge in [-0.1, -0.05) is 12.1 Å². The molecule has 1 heterocycles. The van der Waals surface area contributed by atoms with Crippen molar-refractivity contribution in [3.8, 4) is 5.75 Å². The third-order valence-electron chi connectivity index (χ3n) is 4.57. The number of carbonyl (C=O) groups excluding carboxylic acids is 3. The molecule has 1 aliphatic heterocycles. The van der Waals surface area contributed by atoms with Crippen LogP contribution in [0.1, 0.15) is 36.5 Å². The standard InChI is InChI=1S/C20H24N2O4/c1-15(23)26-18-5-2-4-17(14-18)20(25)22-11-3-10-21(12-13-22)19(24)9-8-16-6-7-16/h2,4-5,8-9,14,16H,3,6-7,10-13H2,1H3/b9-8+. The Balaban J connectivity index is 1.60. The van der Waals surface area contributed by atoms with Gasteiger partial charge in [0.1, 0.15) is 5.75 Å². The van der Waals surface area contributed by atoms with E-state index in [0.717, 1.165) is 6.42 Å². The number of rotatable bonds is 4. The Hall–Kier alpha value is -2.63. The van der Waals surface area contributed by atoms with Crippen molar-refractivity contribution in [2.45, 2.75) is 26.2 Å². The van der Waals surface area contributed by atoms with Gasteiger partial charge in [-0.25, -0.2) is 0 Å². The normalized spacial score (nSPS) is 17.9. The maximum Gasteiger partial charge on any atom is 0.308 e. The van der Waals surface area contributed by atoms with Crippen LogP contribution in [-0.4, -0.2) is 53.8 Å². The number of nitrogens with zero attached hydrogens (tertiary/aromatic N) is 2. The van der Waals surface area contributed by atoms with Gasteiger partial charge in [0.05, 0.1) is 0 Å². The Morgan fingerprint density at radius 2 is 1.81 bits per heavy atom. The summed E-state index contributed by atoms with van der Waals surface area (Å²) in [5.74, 6) is 0.441. The summed E-state index contributed by atoms with van der Waals surface area (Å²) in [5, 5.41) is 0. The van der Waals surface area contributed by atoms with Gasteiger partial charge in [0.25, 0.3) is 5.91 Å². The predicted molar refractivity (Wildman–Crippen MR) is 96.7 cm³/mol. The van der Waals surface area contributed by atoms with Crippen LogP contribution in [0.4, 0.5) is 0 Å². The van der Waals surface area contributed by atoms with Gasteiger partial charge in [-0.3, -0.25) is 14.4 Å². The molecule has 1 aromatic rings. The highest BCUT2D eigenvalue weighted by Crippen LogP contribution is 2.30. The van der Waals surface area contributed by atoms with E-state index in [0.29, 0.717) is 43.4 Å². The zero-order valence-electron chi connectivity index (χ0n) is 15.0. The Labute approximate surface area is 153 Å². The number of allylic oxidation sites excluding steroid dienone is 1. The molecule has 0 N–H and O–H groups in total. The van der Waals surface area contributed by atoms with Gasteiger partial charge in [-0.15, -0.1) is 0 Å². The Kier molecular flexibility index (Phi) is 5.71. The number of carbonyl (C=O) groups is 3. The number of benzene rings is 1. The van der Waals surface area contributed by atoms with E-state index in [1.807, 2.05) is 6.08 Å². The number of ether oxygens (including phenoxy) is 1. The van der Waals surface area contributed by atoms with Gasteiger partial charge in [0, 0.05) is 38.7 Å². The van der Waals surface area contributed by atoms with E-state index in [2.05, 4.69) is 0 Å². The van der Waals surface area contributed by atoms with Crippen LogP contribution < -0.4 is 4.74 Å². The van der Waals surface area contributed by atoms with Crippen molar-refractivity contribution >= 4 is 17.8 Å². The van der Waals surface area contributed by atoms with Crippen molar-refractivity contribution in [2.75, 3.05) is 26.2 Å². The lowest BCUT2D eigenvalue weighted by Gasteiger charge is -2.21. The van der Waals surface area contributed by atoms with Crippen LogP contribution in [0, 0.1) is 5.92 Å². The van der Waals surface area contributed by atoms with Crippen molar-refractivity contribution < 1.29 is 19.1 Å². The van der Waals surface area contributed by atoms with Crippen molar-refractivity contribution in [3.63, 3.8) is 0 Å². The molecule has 0 atom stereocenters. The summed E-state index contributed by atoms with van der Waals surface area (Å²) in [7, 11) is 0. The number of amides is 2. The van der Waals surface area contributed by atoms with E-state index in [1.165, 1.54) is 19.8 Å². The van der Waals surface area contributed by atoms with Crippen molar-refractivity contribution in [1.82, 2.24) is 9.80 Å². The first-order valence-corrected chi connectivity index (χ1v) is 9.08. The molecule has 1 aromatic carbocycles. The summed E-state index contributed by atoms with van der Waals surface area (Å²) >= 11 is 0. The van der Waals surface area contributed by atoms with Crippen LogP contribution in [0.2, 0.25) is 0 Å². The average molecular weight is 356 g/mol. The van der Waals surface area contributed by atoms with Crippen molar-refractivity contribution in [1.29, 1.82) is 0 Å². The topological polar surface area (TPSA) is 66.9 Å². The molecule has 138 valence electrons. The molecule has 0 unspecified atom stereocenters. The first-order valence-electron chi connectivity index (χ1n) is 9.08. The van der Waals surface area contributed by atoms with Gasteiger partial charge >= 0.3 is 5.97 Å². The molecule has 6 nitrogen and oxygen atoms in total. The molecular weight excluding hydrogens is 332 g/mol. The van der Waals surface area contributed by atoms with Crippen LogP contribution in [0.3, 0.4) is 0 Å². The van der Waals surface area contributed by atoms with Gasteiger partial charge in [-0.2, -0.15) is 0 Å². The fourth-order valence-corrected chi connectivity index (χ4v) is 2.99. The Bertz CT molecular complexity index is 724. The zero-order chi connectivity index (χ0) is 18.5. The summed E-state index contributed by atoms with van der Waals surface area (Å²) < 4.78 is 5.05. The number of esters is 1. The molecule has 0 aromatic heterocycles. The maximum absolute atomic E-state index is 12.8. The summed E-state index contributed by atoms with van der Waals surface area (Å²) in [4.78, 5) is 39.7. The van der Waals surface area contributed by atoms with Crippen molar-refractivity contribution in [3.05, 3.63) is 42.0 Å². The molecule has 2 aliphatic rings. The van der Waals surface area contributed by atoms with Crippen LogP contribution in [0.25, 0.3) is 0 Å². The lowest BCUT2D eigenvalue weighted by atomic mass is 10.2. The lowest BCUT2D eigenvalue weighted by molar-refractivity contribution is -0.132. The minimum Gasteiger partial charge on any atom is -0.427 e. The molecular formula is C20H24N2O4. The van der Waals surface area contributed by atoms with E-state index >= 15 is 0 Å². The highest BCUT2D eigenvalue weighted by molar-refractivity contribution is 5.95. The van der Waals surface area contributed by atoms with E-state index in [4.69, 9.17) is 4.74 Å². The molecule has 2 amide bonds. The second-order valence-corrected chi connectivity index (χ2v) is 6.79. The van der Waals surface area contributed by atoms with Gasteiger partial charge < -0.3 is 14.5 Å². The minimum atomic E-state index is -0.419. The van der Waals surface area contributed by atoms with Crippen molar-refractivity contribution in [2.24, 2.45) is 5.92 Å². The van der Waals surface area contributed by atoms with E-state index < -0.39 is 5.97 Å². The van der Waals surface area contributed by atoms with E-state index in [9.17, 15) is 14.4 Å². The third-order valence-corrected chi connectivity index (χ3v) is 4.57. The second kappa shape index (κ2) is 8.17. The first kappa shape index (κ1) is 18.2. The van der Waals surface area contributed by atoms with Crippen LogP contribution in [-0.2, 0) is 9.59 Å². The van der Waals surface area contributed by atoms with Gasteiger partial charge in [0.15, 0.2) is 0 Å². The summed E-state index contributed by atoms with van der Waals surface area (Å²) in [6.45, 7) is 3.62. The van der Waals surface area contributed by atoms with Crippen LogP contribution >= 0.6 is 0 Å². The minimum absolute atomic E-state index is 0.0306. The quantitative estimate of drug-likeness (QED) is 0.471. The second-order valence-electron chi connectivity index (χ2n) is 6.79. The highest BCUT2D eigenvalue weighted by Gasteiger charge is 2.23. The lowest BCUT2D eigenvalue weighted by Crippen LogP contribution is -2.36. The summed E-state index contributed by atoms with van der Waals surface area (Å²) in [5.41, 5.74) is 0.483. The smallest absolute Gasteiger partial charge is 0.308 e. The molecule has 6 heteroatoms. The molecule has 0 bridgehead atoms. The zero-order valence-corrected chi connectivity index (χ0v) is 15.0. The first-order chi connectivity index (χ1) is 12.5. The number of hydrogen-bond donors (Lipinski definition) is 0. The predicted octanol–water partition coefficient (Wildman–Crippen LogP) is 2.25. The Morgan fingerprint density at radius 1 is 1.08 bits per heavy atom. The summed E-state index contributed by atoms with van der Waals surface area (Å²) in [6, 6.07) is 6.63. The third kappa shape index (κ3) is 4.94. The molecule has 1 aliphatic carbocycles. The average Bonchev–Trinajstić information content (AvgIpc) is 3.45. The van der Waals surface area contributed by atoms with E-state index in [-0.39, 0.29) is 11.8 Å². The number of hydrogen-bond acceptors (Lipinski definition) is 4. The maximum atomic E-state index is 12.8. The Morgan fingerprint density at radius 3 is 2.54 bits per heavy atom. The molecule has 3 rings (SSSR count). The SMILES string of the molecule is CC(=O)Oc1cccc(C(=O)N2CCCN(C(=O)/C=C/C3CC3)CC2)c1. The molecule has 0 spiro atoms. The molecule has 2 fully saturated rings. The summed E-state index contributed by atoms with van der Waals surface area (Å²) in [6.07, 6.45) is 6.78. The monoisotopic (exact) mass is 356 g/mol. The van der Waals surface area contributed by atoms with Gasteiger partial charge in [-0.05, 0) is 49.5 Å². The molecule has 0 radical (unpaired) electrons. The van der Waals surface area contributed by atoms with Crippen LogP contribution in [0.5, 0.6) is 5.75 Å². The fraction of sp³-hybridized carbons (Fsp3) is 0.450. The fourth-order valence-electron chi connectivity index (χ4n) is 2.99. The van der Waals surface area contributed by atoms with E-state index in [1.54, 1.807) is 40.1 Å². The van der Waals surface area contributed by atoms with Crippen LogP contribution in [0.15, 0.2) is 36.4 Å². The molecule has 1 saturated heterocycles. The van der Waals surface area contributed by atoms with Gasteiger partial charge in [0.2, 0.25) is 5.91 Å². The highest BCUT2D eigenvalue weighted by atomic mass is 16.5.